The van der Waals surface area contributed by atoms with Gasteiger partial charge in [0.05, 0.1) is 31.2 Å². The monoisotopic (exact) mass is 478 g/mol. The first-order chi connectivity index (χ1) is 15.9. The maximum Gasteiger partial charge on any atom is 0.166 e. The molecule has 1 aliphatic rings. The lowest BCUT2D eigenvalue weighted by Crippen LogP contribution is -2.55. The molecule has 2 aromatic carbocycles. The van der Waals surface area contributed by atoms with Gasteiger partial charge in [0, 0.05) is 12.7 Å². The molecule has 9 heteroatoms. The number of hydrogen-bond acceptors (Lipinski definition) is 8. The molecule has 1 saturated heterocycles. The Morgan fingerprint density at radius 3 is 2.33 bits per heavy atom. The number of rotatable bonds is 7. The van der Waals surface area contributed by atoms with Gasteiger partial charge in [0.2, 0.25) is 0 Å². The highest BCUT2D eigenvalue weighted by molar-refractivity contribution is 6.37. The Morgan fingerprint density at radius 2 is 1.70 bits per heavy atom. The molecule has 178 valence electrons. The Bertz CT molecular complexity index is 1100. The molecule has 1 aliphatic heterocycles. The van der Waals surface area contributed by atoms with E-state index in [1.165, 1.54) is 20.5 Å². The van der Waals surface area contributed by atoms with Crippen LogP contribution in [0, 0.1) is 0 Å². The summed E-state index contributed by atoms with van der Waals surface area (Å²) in [5.74, 6) is 1.18. The summed E-state index contributed by atoms with van der Waals surface area (Å²) in [6.45, 7) is 0.0400. The molecular formula is C24H27ClO8. The van der Waals surface area contributed by atoms with Crippen LogP contribution >= 0.6 is 11.6 Å². The van der Waals surface area contributed by atoms with Gasteiger partial charge in [0.1, 0.15) is 48.1 Å². The van der Waals surface area contributed by atoms with Gasteiger partial charge in [-0.1, -0.05) is 23.7 Å². The predicted octanol–water partition coefficient (Wildman–Crippen LogP) is 2.86. The standard InChI is InChI=1S/C24H27ClO8/c1-29-10-17-20(26)21(27)22(28)24(33-17)15-9-13(8-12-4-6-14(30-2)7-5-12)19(25)18-16(31-3)11-32-23(15)18/h4-7,9,11,17,20-22,24,26-28H,8,10H2,1-3H3/t17-,20-,21+,22-,24+/m1/s1. The lowest BCUT2D eigenvalue weighted by atomic mass is 9.89. The van der Waals surface area contributed by atoms with Gasteiger partial charge < -0.3 is 38.7 Å². The second-order valence-corrected chi connectivity index (χ2v) is 8.37. The van der Waals surface area contributed by atoms with Gasteiger partial charge in [-0.2, -0.15) is 0 Å². The van der Waals surface area contributed by atoms with Crippen LogP contribution in [0.1, 0.15) is 22.8 Å². The molecule has 5 atom stereocenters. The zero-order chi connectivity index (χ0) is 23.7. The van der Waals surface area contributed by atoms with Crippen LogP contribution in [0.2, 0.25) is 5.02 Å². The third kappa shape index (κ3) is 4.42. The highest BCUT2D eigenvalue weighted by atomic mass is 35.5. The molecule has 0 bridgehead atoms. The van der Waals surface area contributed by atoms with Gasteiger partial charge in [-0.25, -0.2) is 0 Å². The minimum atomic E-state index is -1.43. The fourth-order valence-electron chi connectivity index (χ4n) is 4.20. The Labute approximate surface area is 196 Å². The van der Waals surface area contributed by atoms with E-state index in [1.54, 1.807) is 13.2 Å². The van der Waals surface area contributed by atoms with E-state index in [0.717, 1.165) is 16.9 Å². The third-order valence-corrected chi connectivity index (χ3v) is 6.41. The summed E-state index contributed by atoms with van der Waals surface area (Å²) in [5.41, 5.74) is 2.60. The largest absolute Gasteiger partial charge is 0.497 e. The molecule has 0 unspecified atom stereocenters. The first-order valence-corrected chi connectivity index (χ1v) is 10.8. The average Bonchev–Trinajstić information content (AvgIpc) is 3.27. The molecule has 2 heterocycles. The van der Waals surface area contributed by atoms with Crippen LogP contribution in [0.5, 0.6) is 11.5 Å². The van der Waals surface area contributed by atoms with Crippen molar-refractivity contribution >= 4 is 22.6 Å². The zero-order valence-corrected chi connectivity index (χ0v) is 19.3. The number of ether oxygens (including phenoxy) is 4. The van der Waals surface area contributed by atoms with Gasteiger partial charge in [0.15, 0.2) is 5.75 Å². The molecule has 0 aliphatic carbocycles. The Kier molecular flexibility index (Phi) is 7.13. The van der Waals surface area contributed by atoms with Gasteiger partial charge in [0.25, 0.3) is 0 Å². The highest BCUT2D eigenvalue weighted by Gasteiger charge is 2.45. The smallest absolute Gasteiger partial charge is 0.166 e. The van der Waals surface area contributed by atoms with Gasteiger partial charge in [-0.15, -0.1) is 0 Å². The average molecular weight is 479 g/mol. The van der Waals surface area contributed by atoms with Crippen LogP contribution in [-0.4, -0.2) is 67.7 Å². The maximum atomic E-state index is 10.8. The van der Waals surface area contributed by atoms with Crippen molar-refractivity contribution in [3.8, 4) is 11.5 Å². The van der Waals surface area contributed by atoms with Crippen molar-refractivity contribution in [1.82, 2.24) is 0 Å². The van der Waals surface area contributed by atoms with E-state index in [0.29, 0.717) is 33.7 Å². The van der Waals surface area contributed by atoms with Crippen molar-refractivity contribution < 1.29 is 38.7 Å². The minimum Gasteiger partial charge on any atom is -0.497 e. The fourth-order valence-corrected chi connectivity index (χ4v) is 4.50. The van der Waals surface area contributed by atoms with Crippen LogP contribution in [0.4, 0.5) is 0 Å². The Balaban J connectivity index is 1.81. The van der Waals surface area contributed by atoms with Crippen molar-refractivity contribution in [2.24, 2.45) is 0 Å². The van der Waals surface area contributed by atoms with E-state index in [9.17, 15) is 15.3 Å². The summed E-state index contributed by atoms with van der Waals surface area (Å²) in [5, 5.41) is 32.6. The minimum absolute atomic E-state index is 0.0400. The number of aliphatic hydroxyl groups is 3. The van der Waals surface area contributed by atoms with Crippen LogP contribution in [0.25, 0.3) is 11.0 Å². The number of methoxy groups -OCH3 is 3. The summed E-state index contributed by atoms with van der Waals surface area (Å²) < 4.78 is 27.5. The summed E-state index contributed by atoms with van der Waals surface area (Å²) in [6, 6.07) is 9.39. The quantitative estimate of drug-likeness (QED) is 0.475. The Morgan fingerprint density at radius 1 is 0.970 bits per heavy atom. The molecular weight excluding hydrogens is 452 g/mol. The summed E-state index contributed by atoms with van der Waals surface area (Å²) >= 11 is 6.78. The van der Waals surface area contributed by atoms with Crippen LogP contribution < -0.4 is 9.47 Å². The molecule has 8 nitrogen and oxygen atoms in total. The summed E-state index contributed by atoms with van der Waals surface area (Å²) in [7, 11) is 4.58. The number of fused-ring (bicyclic) bond motifs is 1. The molecule has 0 saturated carbocycles. The second kappa shape index (κ2) is 9.89. The maximum absolute atomic E-state index is 10.8. The number of furan rings is 1. The first kappa shape index (κ1) is 23.8. The highest BCUT2D eigenvalue weighted by Crippen LogP contribution is 2.44. The molecule has 33 heavy (non-hydrogen) atoms. The molecule has 0 amide bonds. The molecule has 3 aromatic rings. The van der Waals surface area contributed by atoms with Crippen LogP contribution in [0.3, 0.4) is 0 Å². The van der Waals surface area contributed by atoms with E-state index >= 15 is 0 Å². The fraction of sp³-hybridized carbons (Fsp3) is 0.417. The third-order valence-electron chi connectivity index (χ3n) is 5.97. The van der Waals surface area contributed by atoms with Crippen molar-refractivity contribution in [1.29, 1.82) is 0 Å². The van der Waals surface area contributed by atoms with Gasteiger partial charge in [-0.05, 0) is 35.7 Å². The van der Waals surface area contributed by atoms with Gasteiger partial charge in [-0.3, -0.25) is 0 Å². The van der Waals surface area contributed by atoms with E-state index in [2.05, 4.69) is 0 Å². The molecule has 0 spiro atoms. The molecule has 3 N–H and O–H groups in total. The summed E-state index contributed by atoms with van der Waals surface area (Å²) in [6.07, 6.45) is -4.05. The number of benzene rings is 2. The van der Waals surface area contributed by atoms with Crippen LogP contribution in [0.15, 0.2) is 41.0 Å². The first-order valence-electron chi connectivity index (χ1n) is 10.5. The lowest BCUT2D eigenvalue weighted by Gasteiger charge is -2.40. The number of aliphatic hydroxyl groups excluding tert-OH is 3. The van der Waals surface area contributed by atoms with Crippen molar-refractivity contribution in [2.75, 3.05) is 27.9 Å². The zero-order valence-electron chi connectivity index (χ0n) is 18.5. The molecule has 1 aromatic heterocycles. The molecule has 4 rings (SSSR count). The van der Waals surface area contributed by atoms with E-state index < -0.39 is 30.5 Å². The van der Waals surface area contributed by atoms with E-state index in [1.807, 2.05) is 24.3 Å². The van der Waals surface area contributed by atoms with E-state index in [-0.39, 0.29) is 6.61 Å². The number of halogens is 1. The molecule has 0 radical (unpaired) electrons. The number of hydrogen-bond donors (Lipinski definition) is 3. The van der Waals surface area contributed by atoms with E-state index in [4.69, 9.17) is 35.0 Å². The molecule has 1 fully saturated rings. The SMILES string of the molecule is COC[C@H]1O[C@@H](c2cc(Cc3ccc(OC)cc3)c(Cl)c3c(OC)coc23)[C@H](O)[C@@H](O)[C@@H]1O. The summed E-state index contributed by atoms with van der Waals surface area (Å²) in [4.78, 5) is 0. The van der Waals surface area contributed by atoms with Crippen LogP contribution in [-0.2, 0) is 15.9 Å². The Hall–Kier alpha value is -2.33. The van der Waals surface area contributed by atoms with Crippen molar-refractivity contribution in [3.05, 3.63) is 58.3 Å². The lowest BCUT2D eigenvalue weighted by molar-refractivity contribution is -0.233. The van der Waals surface area contributed by atoms with Gasteiger partial charge >= 0.3 is 0 Å². The predicted molar refractivity (Wildman–Crippen MR) is 121 cm³/mol. The topological polar surface area (TPSA) is 111 Å². The van der Waals surface area contributed by atoms with Crippen molar-refractivity contribution in [3.63, 3.8) is 0 Å². The normalized spacial score (nSPS) is 25.4. The van der Waals surface area contributed by atoms with Crippen molar-refractivity contribution in [2.45, 2.75) is 36.9 Å². The second-order valence-electron chi connectivity index (χ2n) is 7.99.